The zero-order chi connectivity index (χ0) is 14.1. The van der Waals surface area contributed by atoms with Gasteiger partial charge in [-0.05, 0) is 24.1 Å². The molecule has 106 valence electrons. The van der Waals surface area contributed by atoms with E-state index in [2.05, 4.69) is 23.7 Å². The van der Waals surface area contributed by atoms with Crippen LogP contribution in [0.3, 0.4) is 0 Å². The van der Waals surface area contributed by atoms with E-state index in [0.29, 0.717) is 12.0 Å². The summed E-state index contributed by atoms with van der Waals surface area (Å²) in [4.78, 5) is 6.85. The van der Waals surface area contributed by atoms with Crippen LogP contribution in [0.15, 0.2) is 34.9 Å². The molecular weight excluding hydrogens is 255 g/mol. The SMILES string of the molecule is CC(C)c1nc(CN2CCC2c2ccc(F)cc2)co1. The fraction of sp³-hybridized carbons (Fsp3) is 0.438. The summed E-state index contributed by atoms with van der Waals surface area (Å²) in [5.41, 5.74) is 2.14. The quantitative estimate of drug-likeness (QED) is 0.847. The van der Waals surface area contributed by atoms with Gasteiger partial charge < -0.3 is 4.42 Å². The predicted octanol–water partition coefficient (Wildman–Crippen LogP) is 3.88. The van der Waals surface area contributed by atoms with Crippen LogP contribution < -0.4 is 0 Å². The molecule has 0 amide bonds. The Morgan fingerprint density at radius 1 is 1.35 bits per heavy atom. The zero-order valence-electron chi connectivity index (χ0n) is 11.8. The number of oxazole rings is 1. The van der Waals surface area contributed by atoms with Crippen molar-refractivity contribution in [1.29, 1.82) is 0 Å². The largest absolute Gasteiger partial charge is 0.448 e. The molecule has 2 aromatic rings. The van der Waals surface area contributed by atoms with Crippen LogP contribution in [0.1, 0.15) is 49.4 Å². The van der Waals surface area contributed by atoms with Gasteiger partial charge in [-0.1, -0.05) is 26.0 Å². The van der Waals surface area contributed by atoms with Crippen molar-refractivity contribution in [2.75, 3.05) is 6.54 Å². The molecule has 1 aliphatic rings. The second kappa shape index (κ2) is 5.37. The first-order chi connectivity index (χ1) is 9.63. The number of hydrogen-bond acceptors (Lipinski definition) is 3. The van der Waals surface area contributed by atoms with Crippen molar-refractivity contribution in [2.45, 2.75) is 38.8 Å². The maximum atomic E-state index is 13.0. The zero-order valence-corrected chi connectivity index (χ0v) is 11.8. The molecule has 0 aliphatic carbocycles. The second-order valence-electron chi connectivity index (χ2n) is 5.66. The van der Waals surface area contributed by atoms with Gasteiger partial charge in [-0.3, -0.25) is 4.90 Å². The maximum Gasteiger partial charge on any atom is 0.196 e. The summed E-state index contributed by atoms with van der Waals surface area (Å²) in [5.74, 6) is 0.921. The molecule has 1 aromatic carbocycles. The van der Waals surface area contributed by atoms with E-state index in [1.807, 2.05) is 12.1 Å². The minimum Gasteiger partial charge on any atom is -0.448 e. The molecule has 0 radical (unpaired) electrons. The molecule has 20 heavy (non-hydrogen) atoms. The lowest BCUT2D eigenvalue weighted by Crippen LogP contribution is -2.40. The van der Waals surface area contributed by atoms with Gasteiger partial charge in [0.15, 0.2) is 5.89 Å². The molecule has 1 fully saturated rings. The van der Waals surface area contributed by atoms with Crippen LogP contribution >= 0.6 is 0 Å². The number of rotatable bonds is 4. The monoisotopic (exact) mass is 274 g/mol. The van der Waals surface area contributed by atoms with E-state index in [4.69, 9.17) is 4.42 Å². The molecule has 4 heteroatoms. The fourth-order valence-electron chi connectivity index (χ4n) is 2.56. The molecule has 1 aliphatic heterocycles. The van der Waals surface area contributed by atoms with Crippen molar-refractivity contribution in [3.8, 4) is 0 Å². The first kappa shape index (κ1) is 13.3. The summed E-state index contributed by atoms with van der Waals surface area (Å²) in [7, 11) is 0. The normalized spacial score (nSPS) is 19.3. The lowest BCUT2D eigenvalue weighted by atomic mass is 9.94. The Hall–Kier alpha value is -1.68. The van der Waals surface area contributed by atoms with E-state index in [1.165, 1.54) is 17.7 Å². The summed E-state index contributed by atoms with van der Waals surface area (Å²) >= 11 is 0. The third-order valence-electron chi connectivity index (χ3n) is 3.81. The minimum absolute atomic E-state index is 0.183. The summed E-state index contributed by atoms with van der Waals surface area (Å²) < 4.78 is 18.4. The highest BCUT2D eigenvalue weighted by Crippen LogP contribution is 2.34. The maximum absolute atomic E-state index is 13.0. The van der Waals surface area contributed by atoms with E-state index >= 15 is 0 Å². The Bertz CT molecular complexity index is 576. The summed E-state index contributed by atoms with van der Waals surface area (Å²) in [6.07, 6.45) is 2.86. The van der Waals surface area contributed by atoms with E-state index in [9.17, 15) is 4.39 Å². The lowest BCUT2D eigenvalue weighted by molar-refractivity contribution is 0.0803. The number of aromatic nitrogens is 1. The Morgan fingerprint density at radius 2 is 2.10 bits per heavy atom. The molecule has 3 rings (SSSR count). The van der Waals surface area contributed by atoms with Gasteiger partial charge in [0.2, 0.25) is 0 Å². The van der Waals surface area contributed by atoms with E-state index in [1.54, 1.807) is 6.26 Å². The molecule has 3 nitrogen and oxygen atoms in total. The Morgan fingerprint density at radius 3 is 2.65 bits per heavy atom. The number of benzene rings is 1. The Labute approximate surface area is 118 Å². The predicted molar refractivity (Wildman–Crippen MR) is 74.8 cm³/mol. The van der Waals surface area contributed by atoms with Gasteiger partial charge in [-0.25, -0.2) is 9.37 Å². The van der Waals surface area contributed by atoms with Crippen molar-refractivity contribution >= 4 is 0 Å². The van der Waals surface area contributed by atoms with E-state index in [0.717, 1.165) is 31.1 Å². The summed E-state index contributed by atoms with van der Waals surface area (Å²) in [6.45, 7) is 5.98. The molecule has 0 bridgehead atoms. The van der Waals surface area contributed by atoms with Crippen molar-refractivity contribution in [2.24, 2.45) is 0 Å². The standard InChI is InChI=1S/C16H19FN2O/c1-11(2)16-18-14(10-20-16)9-19-8-7-15(19)12-3-5-13(17)6-4-12/h3-6,10-11,15H,7-9H2,1-2H3. The van der Waals surface area contributed by atoms with Crippen molar-refractivity contribution in [3.05, 3.63) is 53.5 Å². The van der Waals surface area contributed by atoms with Gasteiger partial charge >= 0.3 is 0 Å². The smallest absolute Gasteiger partial charge is 0.196 e. The molecule has 1 aromatic heterocycles. The molecule has 1 atom stereocenters. The van der Waals surface area contributed by atoms with Crippen LogP contribution in [-0.2, 0) is 6.54 Å². The Balaban J connectivity index is 1.67. The highest BCUT2D eigenvalue weighted by Gasteiger charge is 2.30. The van der Waals surface area contributed by atoms with Crippen molar-refractivity contribution in [1.82, 2.24) is 9.88 Å². The molecule has 1 saturated heterocycles. The topological polar surface area (TPSA) is 29.3 Å². The summed E-state index contributed by atoms with van der Waals surface area (Å²) in [5, 5.41) is 0. The third-order valence-corrected chi connectivity index (χ3v) is 3.81. The van der Waals surface area contributed by atoms with Crippen LogP contribution in [-0.4, -0.2) is 16.4 Å². The van der Waals surface area contributed by atoms with Gasteiger partial charge in [0.1, 0.15) is 12.1 Å². The molecule has 1 unspecified atom stereocenters. The first-order valence-corrected chi connectivity index (χ1v) is 7.07. The highest BCUT2D eigenvalue weighted by molar-refractivity contribution is 5.22. The number of halogens is 1. The van der Waals surface area contributed by atoms with Crippen LogP contribution in [0.5, 0.6) is 0 Å². The highest BCUT2D eigenvalue weighted by atomic mass is 19.1. The first-order valence-electron chi connectivity index (χ1n) is 7.07. The van der Waals surface area contributed by atoms with Gasteiger partial charge in [0, 0.05) is 25.0 Å². The van der Waals surface area contributed by atoms with Crippen LogP contribution in [0.2, 0.25) is 0 Å². The molecule has 0 spiro atoms. The third kappa shape index (κ3) is 2.61. The van der Waals surface area contributed by atoms with E-state index in [-0.39, 0.29) is 5.82 Å². The summed E-state index contributed by atoms with van der Waals surface area (Å²) in [6, 6.07) is 7.16. The molecular formula is C16H19FN2O. The fourth-order valence-corrected chi connectivity index (χ4v) is 2.56. The average Bonchev–Trinajstić information content (AvgIpc) is 2.86. The molecule has 0 saturated carbocycles. The lowest BCUT2D eigenvalue weighted by Gasteiger charge is -2.40. The van der Waals surface area contributed by atoms with Crippen LogP contribution in [0.25, 0.3) is 0 Å². The van der Waals surface area contributed by atoms with Crippen molar-refractivity contribution in [3.63, 3.8) is 0 Å². The number of hydrogen-bond donors (Lipinski definition) is 0. The molecule has 2 heterocycles. The number of likely N-dealkylation sites (tertiary alicyclic amines) is 1. The molecule has 0 N–H and O–H groups in total. The van der Waals surface area contributed by atoms with Crippen LogP contribution in [0, 0.1) is 5.82 Å². The van der Waals surface area contributed by atoms with Gasteiger partial charge in [-0.15, -0.1) is 0 Å². The average molecular weight is 274 g/mol. The van der Waals surface area contributed by atoms with Gasteiger partial charge in [0.25, 0.3) is 0 Å². The van der Waals surface area contributed by atoms with Gasteiger partial charge in [0.05, 0.1) is 5.69 Å². The Kier molecular flexibility index (Phi) is 3.57. The van der Waals surface area contributed by atoms with E-state index < -0.39 is 0 Å². The van der Waals surface area contributed by atoms with Gasteiger partial charge in [-0.2, -0.15) is 0 Å². The minimum atomic E-state index is -0.183. The van der Waals surface area contributed by atoms with Crippen molar-refractivity contribution < 1.29 is 8.81 Å². The van der Waals surface area contributed by atoms with Crippen LogP contribution in [0.4, 0.5) is 4.39 Å². The second-order valence-corrected chi connectivity index (χ2v) is 5.66. The number of nitrogens with zero attached hydrogens (tertiary/aromatic N) is 2.